The first-order chi connectivity index (χ1) is 15.9. The largest absolute Gasteiger partial charge is 0.497 e. The molecule has 0 bridgehead atoms. The summed E-state index contributed by atoms with van der Waals surface area (Å²) in [5.41, 5.74) is 5.27. The lowest BCUT2D eigenvalue weighted by Gasteiger charge is -2.13. The van der Waals surface area contributed by atoms with Gasteiger partial charge in [0.05, 0.1) is 38.8 Å². The van der Waals surface area contributed by atoms with Gasteiger partial charge >= 0.3 is 0 Å². The summed E-state index contributed by atoms with van der Waals surface area (Å²) in [6, 6.07) is 17.3. The maximum absolute atomic E-state index is 12.8. The summed E-state index contributed by atoms with van der Waals surface area (Å²) < 4.78 is 15.7. The number of hydrogen-bond donors (Lipinski definition) is 2. The van der Waals surface area contributed by atoms with Crippen LogP contribution in [0.5, 0.6) is 17.2 Å². The van der Waals surface area contributed by atoms with Gasteiger partial charge < -0.3 is 19.5 Å². The quantitative estimate of drug-likeness (QED) is 0.401. The smallest absolute Gasteiger partial charge is 0.273 e. The average Bonchev–Trinajstić information content (AvgIpc) is 2.83. The second kappa shape index (κ2) is 10.8. The minimum absolute atomic E-state index is 0.199. The lowest BCUT2D eigenvalue weighted by molar-refractivity contribution is 0.0955. The van der Waals surface area contributed by atoms with Crippen molar-refractivity contribution < 1.29 is 23.8 Å². The number of carbonyl (C=O) groups is 2. The van der Waals surface area contributed by atoms with Crippen LogP contribution in [0, 0.1) is 6.92 Å². The van der Waals surface area contributed by atoms with Crippen LogP contribution >= 0.6 is 0 Å². The molecule has 2 amide bonds. The van der Waals surface area contributed by atoms with E-state index in [1.807, 2.05) is 31.2 Å². The van der Waals surface area contributed by atoms with Crippen molar-refractivity contribution in [2.75, 3.05) is 26.6 Å². The van der Waals surface area contributed by atoms with Crippen LogP contribution in [0.1, 0.15) is 31.8 Å². The van der Waals surface area contributed by atoms with Crippen LogP contribution in [0.2, 0.25) is 0 Å². The van der Waals surface area contributed by atoms with Gasteiger partial charge in [0, 0.05) is 5.56 Å². The minimum atomic E-state index is -0.500. The van der Waals surface area contributed by atoms with Gasteiger partial charge in [-0.25, -0.2) is 5.43 Å². The van der Waals surface area contributed by atoms with Crippen molar-refractivity contribution in [1.29, 1.82) is 0 Å². The zero-order valence-corrected chi connectivity index (χ0v) is 18.8. The van der Waals surface area contributed by atoms with E-state index in [-0.39, 0.29) is 5.56 Å². The number of carbonyl (C=O) groups excluding carboxylic acids is 2. The second-order valence-electron chi connectivity index (χ2n) is 7.05. The van der Waals surface area contributed by atoms with E-state index in [2.05, 4.69) is 15.8 Å². The number of ether oxygens (including phenoxy) is 3. The Morgan fingerprint density at radius 3 is 2.33 bits per heavy atom. The molecule has 8 nitrogen and oxygen atoms in total. The van der Waals surface area contributed by atoms with E-state index in [1.54, 1.807) is 36.5 Å². The third-order valence-electron chi connectivity index (χ3n) is 4.79. The van der Waals surface area contributed by atoms with E-state index in [9.17, 15) is 9.59 Å². The molecule has 0 aliphatic heterocycles. The summed E-state index contributed by atoms with van der Waals surface area (Å²) in [6.45, 7) is 1.97. The Kier molecular flexibility index (Phi) is 7.64. The lowest BCUT2D eigenvalue weighted by Crippen LogP contribution is -2.21. The van der Waals surface area contributed by atoms with Crippen LogP contribution in [-0.2, 0) is 0 Å². The van der Waals surface area contributed by atoms with Crippen molar-refractivity contribution in [3.8, 4) is 17.2 Å². The molecule has 3 rings (SSSR count). The average molecular weight is 447 g/mol. The molecule has 8 heteroatoms. The highest BCUT2D eigenvalue weighted by Crippen LogP contribution is 2.28. The summed E-state index contributed by atoms with van der Waals surface area (Å²) in [5, 5.41) is 6.79. The Hall–Kier alpha value is -4.33. The number of rotatable bonds is 8. The highest BCUT2D eigenvalue weighted by atomic mass is 16.5. The molecule has 3 aromatic carbocycles. The summed E-state index contributed by atoms with van der Waals surface area (Å²) in [5.74, 6) is 0.471. The maximum atomic E-state index is 12.8. The number of nitrogens with zero attached hydrogens (tertiary/aromatic N) is 1. The first-order valence-electron chi connectivity index (χ1n) is 10.1. The van der Waals surface area contributed by atoms with Gasteiger partial charge in [-0.15, -0.1) is 0 Å². The zero-order chi connectivity index (χ0) is 23.8. The van der Waals surface area contributed by atoms with E-state index in [1.165, 1.54) is 27.4 Å². The van der Waals surface area contributed by atoms with E-state index >= 15 is 0 Å². The molecule has 0 heterocycles. The molecule has 3 aromatic rings. The van der Waals surface area contributed by atoms with Gasteiger partial charge in [-0.2, -0.15) is 5.10 Å². The number of anilines is 1. The van der Waals surface area contributed by atoms with Crippen molar-refractivity contribution in [3.05, 3.63) is 82.9 Å². The molecule has 0 aliphatic rings. The van der Waals surface area contributed by atoms with Crippen LogP contribution in [0.15, 0.2) is 65.8 Å². The molecule has 33 heavy (non-hydrogen) atoms. The number of hydrazone groups is 1. The summed E-state index contributed by atoms with van der Waals surface area (Å²) >= 11 is 0. The van der Waals surface area contributed by atoms with E-state index in [0.29, 0.717) is 28.5 Å². The Balaban J connectivity index is 1.81. The lowest BCUT2D eigenvalue weighted by atomic mass is 10.1. The normalized spacial score (nSPS) is 10.5. The van der Waals surface area contributed by atoms with E-state index in [4.69, 9.17) is 14.2 Å². The molecule has 0 radical (unpaired) electrons. The number of methoxy groups -OCH3 is 3. The van der Waals surface area contributed by atoms with Gasteiger partial charge in [-0.1, -0.05) is 29.8 Å². The molecule has 0 aliphatic carbocycles. The predicted molar refractivity (Wildman–Crippen MR) is 127 cm³/mol. The van der Waals surface area contributed by atoms with Crippen LogP contribution < -0.4 is 25.0 Å². The summed E-state index contributed by atoms with van der Waals surface area (Å²) in [7, 11) is 4.50. The monoisotopic (exact) mass is 447 g/mol. The van der Waals surface area contributed by atoms with Crippen molar-refractivity contribution >= 4 is 23.7 Å². The molecular formula is C25H25N3O5. The van der Waals surface area contributed by atoms with Crippen molar-refractivity contribution in [2.45, 2.75) is 6.92 Å². The molecular weight excluding hydrogens is 422 g/mol. The molecule has 0 fully saturated rings. The fourth-order valence-corrected chi connectivity index (χ4v) is 3.10. The number of aryl methyl sites for hydroxylation is 1. The molecule has 2 N–H and O–H groups in total. The summed E-state index contributed by atoms with van der Waals surface area (Å²) in [6.07, 6.45) is 1.55. The Morgan fingerprint density at radius 1 is 0.848 bits per heavy atom. The van der Waals surface area contributed by atoms with Gasteiger partial charge in [0.25, 0.3) is 11.8 Å². The molecule has 0 spiro atoms. The maximum Gasteiger partial charge on any atom is 0.273 e. The zero-order valence-electron chi connectivity index (χ0n) is 18.8. The first-order valence-corrected chi connectivity index (χ1v) is 10.1. The van der Waals surface area contributed by atoms with Gasteiger partial charge in [-0.05, 0) is 48.9 Å². The van der Waals surface area contributed by atoms with Crippen molar-refractivity contribution in [2.24, 2.45) is 5.10 Å². The molecule has 0 atom stereocenters. The SMILES string of the molecule is COc1ccc(NC(=O)c2ccc(OC)c(OC)c2)c(C(=O)N/N=C/c2cccc(C)c2)c1. The Morgan fingerprint density at radius 2 is 1.64 bits per heavy atom. The Bertz CT molecular complexity index is 1190. The van der Waals surface area contributed by atoms with E-state index in [0.717, 1.165) is 11.1 Å². The van der Waals surface area contributed by atoms with Crippen LogP contribution in [-0.4, -0.2) is 39.4 Å². The van der Waals surface area contributed by atoms with Gasteiger partial charge in [-0.3, -0.25) is 9.59 Å². The number of benzene rings is 3. The van der Waals surface area contributed by atoms with Crippen LogP contribution in [0.3, 0.4) is 0 Å². The van der Waals surface area contributed by atoms with Crippen LogP contribution in [0.4, 0.5) is 5.69 Å². The van der Waals surface area contributed by atoms with Gasteiger partial charge in [0.1, 0.15) is 5.75 Å². The summed E-state index contributed by atoms with van der Waals surface area (Å²) in [4.78, 5) is 25.7. The molecule has 0 aromatic heterocycles. The number of hydrogen-bond acceptors (Lipinski definition) is 6. The van der Waals surface area contributed by atoms with Gasteiger partial charge in [0.2, 0.25) is 0 Å². The van der Waals surface area contributed by atoms with Gasteiger partial charge in [0.15, 0.2) is 11.5 Å². The standard InChI is InChI=1S/C25H25N3O5/c1-16-6-5-7-17(12-16)15-26-28-25(30)20-14-19(31-2)9-10-21(20)27-24(29)18-8-11-22(32-3)23(13-18)33-4/h5-15H,1-4H3,(H,27,29)(H,28,30)/b26-15+. The first kappa shape index (κ1) is 23.3. The molecule has 0 saturated heterocycles. The molecule has 170 valence electrons. The van der Waals surface area contributed by atoms with Crippen LogP contribution in [0.25, 0.3) is 0 Å². The topological polar surface area (TPSA) is 98.3 Å². The third kappa shape index (κ3) is 5.88. The third-order valence-corrected chi connectivity index (χ3v) is 4.79. The highest BCUT2D eigenvalue weighted by molar-refractivity contribution is 6.09. The highest BCUT2D eigenvalue weighted by Gasteiger charge is 2.17. The minimum Gasteiger partial charge on any atom is -0.497 e. The molecule has 0 unspecified atom stereocenters. The van der Waals surface area contributed by atoms with Crippen molar-refractivity contribution in [1.82, 2.24) is 5.43 Å². The second-order valence-corrected chi connectivity index (χ2v) is 7.05. The van der Waals surface area contributed by atoms with Crippen molar-refractivity contribution in [3.63, 3.8) is 0 Å². The Labute approximate surface area is 192 Å². The molecule has 0 saturated carbocycles. The predicted octanol–water partition coefficient (Wildman–Crippen LogP) is 4.04. The fourth-order valence-electron chi connectivity index (χ4n) is 3.10. The van der Waals surface area contributed by atoms with E-state index < -0.39 is 11.8 Å². The fraction of sp³-hybridized carbons (Fsp3) is 0.160. The number of nitrogens with one attached hydrogen (secondary N) is 2. The number of amides is 2.